The Morgan fingerprint density at radius 1 is 1.40 bits per heavy atom. The summed E-state index contributed by atoms with van der Waals surface area (Å²) >= 11 is 0. The van der Waals surface area contributed by atoms with E-state index in [2.05, 4.69) is 11.4 Å². The predicted octanol–water partition coefficient (Wildman–Crippen LogP) is 2.61. The molecule has 4 nitrogen and oxygen atoms in total. The molecule has 0 spiro atoms. The van der Waals surface area contributed by atoms with Gasteiger partial charge in [-0.15, -0.1) is 0 Å². The van der Waals surface area contributed by atoms with E-state index in [1.54, 1.807) is 0 Å². The molecule has 106 valence electrons. The molecule has 1 aromatic rings. The van der Waals surface area contributed by atoms with Crippen LogP contribution in [-0.4, -0.2) is 11.0 Å². The van der Waals surface area contributed by atoms with Crippen molar-refractivity contribution in [3.05, 3.63) is 35.4 Å². The quantitative estimate of drug-likeness (QED) is 0.884. The van der Waals surface area contributed by atoms with Crippen LogP contribution in [0.1, 0.15) is 56.4 Å². The average Bonchev–Trinajstić information content (AvgIpc) is 2.79. The Bertz CT molecular complexity index is 544. The summed E-state index contributed by atoms with van der Waals surface area (Å²) in [4.78, 5) is 12.4. The van der Waals surface area contributed by atoms with E-state index in [0.29, 0.717) is 19.3 Å². The van der Waals surface area contributed by atoms with Crippen LogP contribution in [0.25, 0.3) is 0 Å². The van der Waals surface area contributed by atoms with Gasteiger partial charge in [-0.25, -0.2) is 0 Å². The molecule has 2 N–H and O–H groups in total. The molecular weight excluding hydrogens is 252 g/mol. The van der Waals surface area contributed by atoms with Crippen molar-refractivity contribution in [1.82, 2.24) is 5.32 Å². The van der Waals surface area contributed by atoms with Crippen molar-refractivity contribution in [1.29, 1.82) is 5.26 Å². The number of amides is 1. The lowest BCUT2D eigenvalue weighted by Gasteiger charge is -2.25. The van der Waals surface area contributed by atoms with E-state index in [9.17, 15) is 15.2 Å². The summed E-state index contributed by atoms with van der Waals surface area (Å²) in [5.74, 6) is -0.237. The Morgan fingerprint density at radius 3 is 2.55 bits per heavy atom. The fourth-order valence-corrected chi connectivity index (χ4v) is 2.82. The Morgan fingerprint density at radius 2 is 2.00 bits per heavy atom. The van der Waals surface area contributed by atoms with Crippen LogP contribution < -0.4 is 5.32 Å². The number of nitriles is 1. The smallest absolute Gasteiger partial charge is 0.240 e. The highest BCUT2D eigenvalue weighted by molar-refractivity contribution is 5.85. The van der Waals surface area contributed by atoms with Crippen molar-refractivity contribution < 1.29 is 9.90 Å². The number of nitrogens with zero attached hydrogens (tertiary/aromatic N) is 1. The van der Waals surface area contributed by atoms with Gasteiger partial charge >= 0.3 is 0 Å². The minimum Gasteiger partial charge on any atom is -0.388 e. The van der Waals surface area contributed by atoms with Gasteiger partial charge in [0.25, 0.3) is 0 Å². The van der Waals surface area contributed by atoms with Crippen molar-refractivity contribution in [3.63, 3.8) is 0 Å². The molecule has 1 amide bonds. The lowest BCUT2D eigenvalue weighted by Crippen LogP contribution is -2.40. The van der Waals surface area contributed by atoms with Gasteiger partial charge < -0.3 is 10.4 Å². The van der Waals surface area contributed by atoms with E-state index in [0.717, 1.165) is 11.1 Å². The fourth-order valence-electron chi connectivity index (χ4n) is 2.82. The molecule has 0 radical (unpaired) electrons. The molecule has 2 atom stereocenters. The van der Waals surface area contributed by atoms with Gasteiger partial charge in [0.05, 0.1) is 18.2 Å². The first-order valence-electron chi connectivity index (χ1n) is 7.07. The number of rotatable bonds is 4. The van der Waals surface area contributed by atoms with Crippen LogP contribution in [0.15, 0.2) is 24.3 Å². The van der Waals surface area contributed by atoms with Gasteiger partial charge in [0.15, 0.2) is 0 Å². The molecule has 0 aliphatic heterocycles. The highest BCUT2D eigenvalue weighted by Crippen LogP contribution is 2.39. The van der Waals surface area contributed by atoms with Crippen LogP contribution >= 0.6 is 0 Å². The summed E-state index contributed by atoms with van der Waals surface area (Å²) in [5.41, 5.74) is 0.850. The second-order valence-electron chi connectivity index (χ2n) is 5.31. The van der Waals surface area contributed by atoms with Gasteiger partial charge in [-0.1, -0.05) is 38.1 Å². The first-order chi connectivity index (χ1) is 9.57. The van der Waals surface area contributed by atoms with Crippen molar-refractivity contribution >= 4 is 5.91 Å². The molecule has 0 saturated carbocycles. The molecule has 0 saturated heterocycles. The van der Waals surface area contributed by atoms with E-state index in [4.69, 9.17) is 0 Å². The van der Waals surface area contributed by atoms with E-state index < -0.39 is 11.5 Å². The van der Waals surface area contributed by atoms with E-state index in [1.807, 2.05) is 38.1 Å². The summed E-state index contributed by atoms with van der Waals surface area (Å²) < 4.78 is 0. The van der Waals surface area contributed by atoms with Crippen LogP contribution in [0, 0.1) is 16.7 Å². The SMILES string of the molecule is CCC(C#N)(CC)C(=O)NC1CC(O)c2ccccc21. The normalized spacial score (nSPS) is 21.1. The molecule has 20 heavy (non-hydrogen) atoms. The minimum absolute atomic E-state index is 0.209. The number of carbonyl (C=O) groups is 1. The third-order valence-electron chi connectivity index (χ3n) is 4.35. The average molecular weight is 272 g/mol. The summed E-state index contributed by atoms with van der Waals surface area (Å²) in [5, 5.41) is 22.3. The van der Waals surface area contributed by atoms with E-state index >= 15 is 0 Å². The van der Waals surface area contributed by atoms with Crippen molar-refractivity contribution in [2.75, 3.05) is 0 Å². The Kier molecular flexibility index (Phi) is 4.10. The molecule has 1 aromatic carbocycles. The fraction of sp³-hybridized carbons (Fsp3) is 0.500. The zero-order valence-corrected chi connectivity index (χ0v) is 11.9. The van der Waals surface area contributed by atoms with Crippen LogP contribution in [0.2, 0.25) is 0 Å². The number of hydrogen-bond acceptors (Lipinski definition) is 3. The molecule has 1 aliphatic carbocycles. The molecule has 2 unspecified atom stereocenters. The minimum atomic E-state index is -0.970. The third kappa shape index (κ3) is 2.30. The third-order valence-corrected chi connectivity index (χ3v) is 4.35. The van der Waals surface area contributed by atoms with Gasteiger partial charge in [-0.3, -0.25) is 4.79 Å². The summed E-state index contributed by atoms with van der Waals surface area (Å²) in [6.45, 7) is 3.70. The van der Waals surface area contributed by atoms with Crippen LogP contribution in [-0.2, 0) is 4.79 Å². The highest BCUT2D eigenvalue weighted by Gasteiger charge is 2.38. The molecule has 0 aromatic heterocycles. The van der Waals surface area contributed by atoms with Crippen LogP contribution in [0.3, 0.4) is 0 Å². The van der Waals surface area contributed by atoms with Gasteiger partial charge in [0.1, 0.15) is 5.41 Å². The van der Waals surface area contributed by atoms with Gasteiger partial charge in [-0.05, 0) is 24.0 Å². The zero-order valence-electron chi connectivity index (χ0n) is 11.9. The molecule has 0 heterocycles. The topological polar surface area (TPSA) is 73.1 Å². The maximum absolute atomic E-state index is 12.4. The lowest BCUT2D eigenvalue weighted by atomic mass is 9.82. The first kappa shape index (κ1) is 14.5. The van der Waals surface area contributed by atoms with E-state index in [1.165, 1.54) is 0 Å². The number of benzene rings is 1. The number of aliphatic hydroxyl groups excluding tert-OH is 1. The second-order valence-corrected chi connectivity index (χ2v) is 5.31. The monoisotopic (exact) mass is 272 g/mol. The number of aliphatic hydroxyl groups is 1. The lowest BCUT2D eigenvalue weighted by molar-refractivity contribution is -0.129. The number of carbonyl (C=O) groups excluding carboxylic acids is 1. The Hall–Kier alpha value is -1.86. The summed E-state index contributed by atoms with van der Waals surface area (Å²) in [6.07, 6.45) is 0.905. The Balaban J connectivity index is 2.21. The molecule has 1 aliphatic rings. The number of nitrogens with one attached hydrogen (secondary N) is 1. The number of hydrogen-bond donors (Lipinski definition) is 2. The molecular formula is C16H20N2O2. The van der Waals surface area contributed by atoms with E-state index in [-0.39, 0.29) is 11.9 Å². The molecule has 4 heteroatoms. The largest absolute Gasteiger partial charge is 0.388 e. The summed E-state index contributed by atoms with van der Waals surface area (Å²) in [7, 11) is 0. The van der Waals surface area contributed by atoms with Crippen molar-refractivity contribution in [2.45, 2.75) is 45.3 Å². The molecule has 0 bridgehead atoms. The van der Waals surface area contributed by atoms with Crippen molar-refractivity contribution in [2.24, 2.45) is 5.41 Å². The maximum Gasteiger partial charge on any atom is 0.240 e. The van der Waals surface area contributed by atoms with Crippen LogP contribution in [0.4, 0.5) is 0 Å². The first-order valence-corrected chi connectivity index (χ1v) is 7.07. The number of fused-ring (bicyclic) bond motifs is 1. The predicted molar refractivity (Wildman–Crippen MR) is 75.5 cm³/mol. The van der Waals surface area contributed by atoms with Crippen LogP contribution in [0.5, 0.6) is 0 Å². The van der Waals surface area contributed by atoms with Crippen molar-refractivity contribution in [3.8, 4) is 6.07 Å². The van der Waals surface area contributed by atoms with Gasteiger partial charge in [0, 0.05) is 6.42 Å². The summed E-state index contributed by atoms with van der Waals surface area (Å²) in [6, 6.07) is 9.51. The molecule has 0 fully saturated rings. The maximum atomic E-state index is 12.4. The zero-order chi connectivity index (χ0) is 14.8. The van der Waals surface area contributed by atoms with Gasteiger partial charge in [-0.2, -0.15) is 5.26 Å². The molecule has 2 rings (SSSR count). The second kappa shape index (κ2) is 5.64. The standard InChI is InChI=1S/C16H20N2O2/c1-3-16(4-2,10-17)15(20)18-13-9-14(19)12-8-6-5-7-11(12)13/h5-8,13-14,19H,3-4,9H2,1-2H3,(H,18,20). The Labute approximate surface area is 119 Å². The highest BCUT2D eigenvalue weighted by atomic mass is 16.3. The van der Waals surface area contributed by atoms with Gasteiger partial charge in [0.2, 0.25) is 5.91 Å².